The van der Waals surface area contributed by atoms with Crippen molar-refractivity contribution in [1.82, 2.24) is 10.2 Å². The minimum absolute atomic E-state index is 0.0103. The molecule has 1 aromatic carbocycles. The summed E-state index contributed by atoms with van der Waals surface area (Å²) in [4.78, 5) is 24.2. The highest BCUT2D eigenvalue weighted by Crippen LogP contribution is 2.17. The molecule has 0 aliphatic heterocycles. The van der Waals surface area contributed by atoms with Gasteiger partial charge in [-0.15, -0.1) is 10.2 Å². The minimum Gasteiger partial charge on any atom is -0.497 e. The molecule has 0 radical (unpaired) electrons. The van der Waals surface area contributed by atoms with Gasteiger partial charge in [-0.2, -0.15) is 0 Å². The molecule has 0 unspecified atom stereocenters. The maximum absolute atomic E-state index is 12.1. The van der Waals surface area contributed by atoms with Gasteiger partial charge in [0.2, 0.25) is 16.3 Å². The van der Waals surface area contributed by atoms with E-state index in [9.17, 15) is 9.59 Å². The van der Waals surface area contributed by atoms with Crippen LogP contribution in [-0.2, 0) is 6.61 Å². The van der Waals surface area contributed by atoms with Gasteiger partial charge in [-0.1, -0.05) is 23.5 Å². The fraction of sp³-hybridized carbons (Fsp3) is 0.176. The van der Waals surface area contributed by atoms with Crippen molar-refractivity contribution in [2.45, 2.75) is 13.5 Å². The van der Waals surface area contributed by atoms with Crippen LogP contribution in [0.4, 0.5) is 5.13 Å². The Balaban J connectivity index is 1.67. The van der Waals surface area contributed by atoms with Gasteiger partial charge in [0.15, 0.2) is 5.76 Å². The molecule has 26 heavy (non-hydrogen) atoms. The lowest BCUT2D eigenvalue weighted by atomic mass is 10.2. The lowest BCUT2D eigenvalue weighted by Gasteiger charge is -2.07. The van der Waals surface area contributed by atoms with Crippen molar-refractivity contribution < 1.29 is 18.7 Å². The summed E-state index contributed by atoms with van der Waals surface area (Å²) in [5, 5.41) is 11.1. The molecule has 3 aromatic rings. The van der Waals surface area contributed by atoms with Crippen molar-refractivity contribution in [2.24, 2.45) is 0 Å². The molecule has 0 spiro atoms. The van der Waals surface area contributed by atoms with Crippen molar-refractivity contribution >= 4 is 22.4 Å². The van der Waals surface area contributed by atoms with Gasteiger partial charge in [0.1, 0.15) is 23.6 Å². The molecule has 2 aromatic heterocycles. The fourth-order valence-electron chi connectivity index (χ4n) is 2.05. The van der Waals surface area contributed by atoms with E-state index < -0.39 is 11.3 Å². The number of amides is 1. The highest BCUT2D eigenvalue weighted by molar-refractivity contribution is 7.15. The van der Waals surface area contributed by atoms with Crippen LogP contribution in [0.5, 0.6) is 11.5 Å². The van der Waals surface area contributed by atoms with Crippen LogP contribution < -0.4 is 20.2 Å². The summed E-state index contributed by atoms with van der Waals surface area (Å²) in [5.41, 5.74) is 0.370. The Kier molecular flexibility index (Phi) is 5.28. The third-order valence-corrected chi connectivity index (χ3v) is 4.05. The van der Waals surface area contributed by atoms with Gasteiger partial charge in [0, 0.05) is 6.07 Å². The third-order valence-electron chi connectivity index (χ3n) is 3.30. The highest BCUT2D eigenvalue weighted by Gasteiger charge is 2.14. The first-order chi connectivity index (χ1) is 12.5. The van der Waals surface area contributed by atoms with E-state index in [-0.39, 0.29) is 18.1 Å². The Morgan fingerprint density at radius 3 is 2.85 bits per heavy atom. The molecule has 0 aliphatic rings. The number of nitrogens with zero attached hydrogens (tertiary/aromatic N) is 2. The Hall–Kier alpha value is -3.20. The number of carbonyl (C=O) groups is 1. The van der Waals surface area contributed by atoms with E-state index in [4.69, 9.17) is 13.9 Å². The van der Waals surface area contributed by atoms with Crippen LogP contribution in [-0.4, -0.2) is 23.2 Å². The van der Waals surface area contributed by atoms with E-state index in [1.165, 1.54) is 11.3 Å². The van der Waals surface area contributed by atoms with E-state index in [2.05, 4.69) is 15.5 Å². The predicted molar refractivity (Wildman–Crippen MR) is 94.9 cm³/mol. The van der Waals surface area contributed by atoms with Gasteiger partial charge in [-0.3, -0.25) is 14.9 Å². The van der Waals surface area contributed by atoms with Crippen molar-refractivity contribution in [2.75, 3.05) is 12.4 Å². The number of nitrogens with one attached hydrogen (secondary N) is 1. The summed E-state index contributed by atoms with van der Waals surface area (Å²) in [5.74, 6) is -0.0256. The minimum atomic E-state index is -0.586. The largest absolute Gasteiger partial charge is 0.497 e. The SMILES string of the molecule is COc1cccc(COc2coc(C(=O)Nc3nnc(C)s3)cc2=O)c1. The normalized spacial score (nSPS) is 10.4. The van der Waals surface area contributed by atoms with Crippen LogP contribution in [0.25, 0.3) is 0 Å². The van der Waals surface area contributed by atoms with Gasteiger partial charge in [0.25, 0.3) is 5.91 Å². The number of rotatable bonds is 6. The summed E-state index contributed by atoms with van der Waals surface area (Å²) in [6, 6.07) is 8.35. The fourth-order valence-corrected chi connectivity index (χ4v) is 2.64. The number of carbonyl (C=O) groups excluding carboxylic acids is 1. The summed E-state index contributed by atoms with van der Waals surface area (Å²) >= 11 is 1.22. The first-order valence-electron chi connectivity index (χ1n) is 7.55. The number of aryl methyl sites for hydroxylation is 1. The summed E-state index contributed by atoms with van der Waals surface area (Å²) < 4.78 is 15.8. The smallest absolute Gasteiger partial charge is 0.293 e. The quantitative estimate of drug-likeness (QED) is 0.708. The van der Waals surface area contributed by atoms with E-state index in [1.54, 1.807) is 20.1 Å². The molecule has 0 saturated carbocycles. The molecule has 0 saturated heterocycles. The standard InChI is InChI=1S/C17H15N3O5S/c1-10-19-20-17(26-10)18-16(22)14-7-13(21)15(9-25-14)24-8-11-4-3-5-12(6-11)23-2/h3-7,9H,8H2,1-2H3,(H,18,20,22). The molecular formula is C17H15N3O5S. The number of hydrogen-bond acceptors (Lipinski definition) is 8. The average Bonchev–Trinajstić information content (AvgIpc) is 3.05. The number of ether oxygens (including phenoxy) is 2. The van der Waals surface area contributed by atoms with Crippen LogP contribution in [0.1, 0.15) is 21.1 Å². The van der Waals surface area contributed by atoms with Crippen molar-refractivity contribution in [3.63, 3.8) is 0 Å². The summed E-state index contributed by atoms with van der Waals surface area (Å²) in [7, 11) is 1.57. The zero-order valence-electron chi connectivity index (χ0n) is 14.0. The molecular weight excluding hydrogens is 358 g/mol. The van der Waals surface area contributed by atoms with Gasteiger partial charge in [-0.05, 0) is 24.6 Å². The molecule has 0 atom stereocenters. The number of benzene rings is 1. The van der Waals surface area contributed by atoms with Gasteiger partial charge >= 0.3 is 0 Å². The van der Waals surface area contributed by atoms with Crippen molar-refractivity contribution in [3.05, 3.63) is 63.1 Å². The van der Waals surface area contributed by atoms with Crippen molar-refractivity contribution in [3.8, 4) is 11.5 Å². The third kappa shape index (κ3) is 4.25. The molecule has 9 heteroatoms. The maximum Gasteiger partial charge on any atom is 0.293 e. The molecule has 1 amide bonds. The molecule has 0 aliphatic carbocycles. The Morgan fingerprint density at radius 2 is 2.15 bits per heavy atom. The molecule has 2 heterocycles. The van der Waals surface area contributed by atoms with Gasteiger partial charge < -0.3 is 13.9 Å². The number of hydrogen-bond donors (Lipinski definition) is 1. The molecule has 134 valence electrons. The summed E-state index contributed by atoms with van der Waals surface area (Å²) in [6.45, 7) is 1.93. The second kappa shape index (κ2) is 7.79. The van der Waals surface area contributed by atoms with Crippen molar-refractivity contribution in [1.29, 1.82) is 0 Å². The Morgan fingerprint density at radius 1 is 1.31 bits per heavy atom. The van der Waals surface area contributed by atoms with Crippen LogP contribution in [0.15, 0.2) is 45.8 Å². The first-order valence-corrected chi connectivity index (χ1v) is 8.37. The monoisotopic (exact) mass is 373 g/mol. The van der Waals surface area contributed by atoms with Gasteiger partial charge in [-0.25, -0.2) is 0 Å². The van der Waals surface area contributed by atoms with E-state index in [0.29, 0.717) is 15.9 Å². The number of methoxy groups -OCH3 is 1. The number of aromatic nitrogens is 2. The van der Waals surface area contributed by atoms with Crippen LogP contribution >= 0.6 is 11.3 Å². The maximum atomic E-state index is 12.1. The molecule has 0 bridgehead atoms. The van der Waals surface area contributed by atoms with E-state index >= 15 is 0 Å². The first kappa shape index (κ1) is 17.6. The second-order valence-corrected chi connectivity index (χ2v) is 6.37. The second-order valence-electron chi connectivity index (χ2n) is 5.19. The van der Waals surface area contributed by atoms with E-state index in [1.807, 2.05) is 18.2 Å². The number of anilines is 1. The summed E-state index contributed by atoms with van der Waals surface area (Å²) in [6.07, 6.45) is 1.11. The zero-order chi connectivity index (χ0) is 18.5. The zero-order valence-corrected chi connectivity index (χ0v) is 14.8. The Bertz CT molecular complexity index is 982. The molecule has 3 rings (SSSR count). The highest BCUT2D eigenvalue weighted by atomic mass is 32.1. The Labute approximate surface area is 152 Å². The predicted octanol–water partition coefficient (Wildman–Crippen LogP) is 2.64. The average molecular weight is 373 g/mol. The lowest BCUT2D eigenvalue weighted by Crippen LogP contribution is -2.15. The van der Waals surface area contributed by atoms with Gasteiger partial charge in [0.05, 0.1) is 7.11 Å². The van der Waals surface area contributed by atoms with Crippen LogP contribution in [0.3, 0.4) is 0 Å². The lowest BCUT2D eigenvalue weighted by molar-refractivity contribution is 0.0993. The topological polar surface area (TPSA) is 104 Å². The van der Waals surface area contributed by atoms with Crippen LogP contribution in [0.2, 0.25) is 0 Å². The van der Waals surface area contributed by atoms with Crippen LogP contribution in [0, 0.1) is 6.92 Å². The van der Waals surface area contributed by atoms with E-state index in [0.717, 1.165) is 17.9 Å². The molecule has 1 N–H and O–H groups in total. The molecule has 8 nitrogen and oxygen atoms in total. The molecule has 0 fully saturated rings.